The van der Waals surface area contributed by atoms with Gasteiger partial charge in [-0.1, -0.05) is 24.0 Å². The Morgan fingerprint density at radius 1 is 0.807 bits per heavy atom. The summed E-state index contributed by atoms with van der Waals surface area (Å²) in [6, 6.07) is 10.4. The first kappa shape index (κ1) is 39.8. The third kappa shape index (κ3) is 9.50. The van der Waals surface area contributed by atoms with Gasteiger partial charge in [-0.15, -0.1) is 0 Å². The highest BCUT2D eigenvalue weighted by molar-refractivity contribution is 5.91. The fourth-order valence-electron chi connectivity index (χ4n) is 7.17. The molecule has 4 aromatic rings. The van der Waals surface area contributed by atoms with Gasteiger partial charge in [-0.2, -0.15) is 0 Å². The first-order chi connectivity index (χ1) is 27.4. The van der Waals surface area contributed by atoms with E-state index in [9.17, 15) is 28.8 Å². The zero-order valence-electron chi connectivity index (χ0n) is 31.5. The number of primary amides is 2. The van der Waals surface area contributed by atoms with Gasteiger partial charge in [0.15, 0.2) is 0 Å². The molecule has 0 aliphatic carbocycles. The van der Waals surface area contributed by atoms with E-state index in [0.717, 1.165) is 40.7 Å². The number of carbonyl (C=O) groups excluding carboxylic acids is 6. The Bertz CT molecular complexity index is 2220. The monoisotopic (exact) mass is 780 g/mol. The van der Waals surface area contributed by atoms with Crippen LogP contribution in [0.1, 0.15) is 79.8 Å². The van der Waals surface area contributed by atoms with Gasteiger partial charge < -0.3 is 51.3 Å². The highest BCUT2D eigenvalue weighted by Crippen LogP contribution is 2.34. The molecule has 0 radical (unpaired) electrons. The zero-order valence-corrected chi connectivity index (χ0v) is 31.5. The molecule has 6 amide bonds. The number of likely N-dealkylation sites (tertiary alicyclic amines) is 2. The number of carbonyl (C=O) groups is 6. The van der Waals surface area contributed by atoms with Crippen LogP contribution in [-0.2, 0) is 28.7 Å². The van der Waals surface area contributed by atoms with Gasteiger partial charge in [0, 0.05) is 30.6 Å². The molecule has 2 aromatic heterocycles. The van der Waals surface area contributed by atoms with Crippen molar-refractivity contribution in [2.75, 3.05) is 27.3 Å². The van der Waals surface area contributed by atoms with Gasteiger partial charge in [0.2, 0.25) is 23.6 Å². The molecule has 2 saturated heterocycles. The Morgan fingerprint density at radius 3 is 2.04 bits per heavy atom. The van der Waals surface area contributed by atoms with Crippen molar-refractivity contribution < 1.29 is 38.2 Å². The summed E-state index contributed by atoms with van der Waals surface area (Å²) in [5.74, 6) is 5.50. The largest absolute Gasteiger partial charge is 0.453 e. The van der Waals surface area contributed by atoms with Gasteiger partial charge in [-0.05, 0) is 68.0 Å². The van der Waals surface area contributed by atoms with Crippen LogP contribution in [0, 0.1) is 11.8 Å². The van der Waals surface area contributed by atoms with E-state index in [1.807, 2.05) is 42.5 Å². The van der Waals surface area contributed by atoms with Gasteiger partial charge in [-0.3, -0.25) is 19.2 Å². The summed E-state index contributed by atoms with van der Waals surface area (Å²) < 4.78 is 9.30. The van der Waals surface area contributed by atoms with Crippen LogP contribution in [0.5, 0.6) is 0 Å². The molecule has 1 unspecified atom stereocenters. The van der Waals surface area contributed by atoms with Crippen LogP contribution in [0.4, 0.5) is 9.59 Å². The van der Waals surface area contributed by atoms with Crippen molar-refractivity contribution >= 4 is 46.8 Å². The van der Waals surface area contributed by atoms with Crippen molar-refractivity contribution in [2.45, 2.75) is 69.1 Å². The van der Waals surface area contributed by atoms with E-state index in [2.05, 4.69) is 46.9 Å². The number of nitrogens with zero attached hydrogens (tertiary/aromatic N) is 4. The predicted molar refractivity (Wildman–Crippen MR) is 204 cm³/mol. The summed E-state index contributed by atoms with van der Waals surface area (Å²) in [7, 11) is 2.37. The van der Waals surface area contributed by atoms with Crippen molar-refractivity contribution in [3.8, 4) is 23.1 Å². The molecule has 298 valence electrons. The van der Waals surface area contributed by atoms with Gasteiger partial charge in [0.25, 0.3) is 0 Å². The molecule has 8 N–H and O–H groups in total. The maximum absolute atomic E-state index is 13.6. The van der Waals surface area contributed by atoms with Crippen molar-refractivity contribution in [2.24, 2.45) is 11.5 Å². The molecule has 18 nitrogen and oxygen atoms in total. The van der Waals surface area contributed by atoms with Crippen LogP contribution >= 0.6 is 0 Å². The van der Waals surface area contributed by atoms with Crippen LogP contribution in [0.15, 0.2) is 48.7 Å². The predicted octanol–water partition coefficient (Wildman–Crippen LogP) is 2.27. The fourth-order valence-corrected chi connectivity index (χ4v) is 7.17. The third-order valence-corrected chi connectivity index (χ3v) is 9.98. The number of benzene rings is 2. The number of H-pyrrole nitrogens is 2. The molecule has 57 heavy (non-hydrogen) atoms. The van der Waals surface area contributed by atoms with E-state index >= 15 is 0 Å². The highest BCUT2D eigenvalue weighted by atomic mass is 16.5. The van der Waals surface area contributed by atoms with Gasteiger partial charge >= 0.3 is 12.2 Å². The number of ether oxygens (including phenoxy) is 2. The average molecular weight is 781 g/mol. The summed E-state index contributed by atoms with van der Waals surface area (Å²) in [5.41, 5.74) is 15.3. The summed E-state index contributed by atoms with van der Waals surface area (Å²) in [4.78, 5) is 93.1. The maximum atomic E-state index is 13.6. The lowest BCUT2D eigenvalue weighted by Crippen LogP contribution is -2.50. The lowest BCUT2D eigenvalue weighted by molar-refractivity contribution is -0.136. The normalized spacial score (nSPS) is 17.3. The molecule has 4 heterocycles. The van der Waals surface area contributed by atoms with Crippen molar-refractivity contribution in [3.63, 3.8) is 0 Å². The number of hydrogen-bond donors (Lipinski definition) is 6. The molecule has 18 heteroatoms. The van der Waals surface area contributed by atoms with Gasteiger partial charge in [0.05, 0.1) is 55.6 Å². The first-order valence-corrected chi connectivity index (χ1v) is 18.5. The van der Waals surface area contributed by atoms with Crippen LogP contribution in [0.2, 0.25) is 0 Å². The second-order valence-electron chi connectivity index (χ2n) is 13.8. The summed E-state index contributed by atoms with van der Waals surface area (Å²) in [6.07, 6.45) is 2.47. The fraction of sp³-hybridized carbons (Fsp3) is 0.385. The minimum absolute atomic E-state index is 0.0478. The molecule has 6 rings (SSSR count). The average Bonchev–Trinajstić information content (AvgIpc) is 4.04. The van der Waals surface area contributed by atoms with E-state index in [4.69, 9.17) is 16.5 Å². The Balaban J connectivity index is 1.12. The molecule has 0 spiro atoms. The molecule has 4 atom stereocenters. The van der Waals surface area contributed by atoms with E-state index in [1.54, 1.807) is 16.0 Å². The minimum Gasteiger partial charge on any atom is -0.453 e. The summed E-state index contributed by atoms with van der Waals surface area (Å²) in [5, 5.41) is 4.94. The standard InChI is InChI=1S/C39H44N10O8/c1-56-38(54)46-26(15-16-32(40)50)36(52)49-18-4-6-31(49)35-43-25-14-11-23(19-27(25)44-35)8-7-22-9-12-24(13-10-22)29-21-42-34(45-29)30-5-3-17-48(30)37(53)28(20-33(41)51)47-39(55)57-2/h9-14,19,21,26,28,30-31H,3-6,15-18,20H2,1-2H3,(H2,40,50)(H2,41,51)(H,42,45)(H,43,44)(H,46,54)(H,47,55)/t26-,28?,30-,31-/m0/s1. The molecule has 2 fully saturated rings. The van der Waals surface area contributed by atoms with Gasteiger partial charge in [0.1, 0.15) is 23.7 Å². The number of aromatic amines is 2. The van der Waals surface area contributed by atoms with Gasteiger partial charge in [-0.25, -0.2) is 19.6 Å². The summed E-state index contributed by atoms with van der Waals surface area (Å²) in [6.45, 7) is 0.893. The number of aromatic nitrogens is 4. The lowest BCUT2D eigenvalue weighted by atomic mass is 10.1. The van der Waals surface area contributed by atoms with E-state index in [1.165, 1.54) is 14.2 Å². The minimum atomic E-state index is -1.16. The maximum Gasteiger partial charge on any atom is 0.407 e. The number of hydrogen-bond acceptors (Lipinski definition) is 10. The number of fused-ring (bicyclic) bond motifs is 1. The Morgan fingerprint density at radius 2 is 1.40 bits per heavy atom. The highest BCUT2D eigenvalue weighted by Gasteiger charge is 2.38. The number of imidazole rings is 2. The van der Waals surface area contributed by atoms with Crippen LogP contribution in [0.3, 0.4) is 0 Å². The number of methoxy groups -OCH3 is 2. The van der Waals surface area contributed by atoms with Crippen LogP contribution in [0.25, 0.3) is 22.3 Å². The Hall–Kier alpha value is -6.90. The number of rotatable bonds is 12. The first-order valence-electron chi connectivity index (χ1n) is 18.5. The molecular formula is C39H44N10O8. The Labute approximate surface area is 327 Å². The number of alkyl carbamates (subject to hydrolysis) is 2. The summed E-state index contributed by atoms with van der Waals surface area (Å²) >= 11 is 0. The van der Waals surface area contributed by atoms with E-state index in [0.29, 0.717) is 43.1 Å². The van der Waals surface area contributed by atoms with E-state index < -0.39 is 42.0 Å². The lowest BCUT2D eigenvalue weighted by Gasteiger charge is -2.28. The molecule has 2 aliphatic heterocycles. The van der Waals surface area contributed by atoms with Crippen LogP contribution < -0.4 is 22.1 Å². The Kier molecular flexibility index (Phi) is 12.4. The number of nitrogens with two attached hydrogens (primary N) is 2. The SMILES string of the molecule is COC(=O)NC(CC(N)=O)C(=O)N1CCC[C@H]1c1ncc(-c2ccc(C#Cc3ccc4nc([C@@H]5CCCN5C(=O)[C@H](CCC(N)=O)NC(=O)OC)[nH]c4c3)cc2)[nH]1. The molecule has 0 saturated carbocycles. The second kappa shape index (κ2) is 17.7. The zero-order chi connectivity index (χ0) is 40.6. The quantitative estimate of drug-likeness (QED) is 0.114. The topological polar surface area (TPSA) is 261 Å². The smallest absolute Gasteiger partial charge is 0.407 e. The molecular weight excluding hydrogens is 736 g/mol. The third-order valence-electron chi connectivity index (χ3n) is 9.98. The number of nitrogens with one attached hydrogen (secondary N) is 4. The van der Waals surface area contributed by atoms with Crippen molar-refractivity contribution in [1.82, 2.24) is 40.4 Å². The van der Waals surface area contributed by atoms with Crippen LogP contribution in [-0.4, -0.2) is 105 Å². The number of amides is 6. The van der Waals surface area contributed by atoms with Crippen molar-refractivity contribution in [3.05, 3.63) is 71.4 Å². The molecule has 2 aliphatic rings. The van der Waals surface area contributed by atoms with Crippen molar-refractivity contribution in [1.29, 1.82) is 0 Å². The van der Waals surface area contributed by atoms with E-state index in [-0.39, 0.29) is 37.3 Å². The molecule has 0 bridgehead atoms. The second-order valence-corrected chi connectivity index (χ2v) is 13.8. The molecule has 2 aromatic carbocycles.